The lowest BCUT2D eigenvalue weighted by atomic mass is 10.3. The predicted molar refractivity (Wildman–Crippen MR) is 253 cm³/mol. The van der Waals surface area contributed by atoms with E-state index in [1.807, 2.05) is 66.6 Å². The van der Waals surface area contributed by atoms with Gasteiger partial charge < -0.3 is 65.3 Å². The van der Waals surface area contributed by atoms with Crippen molar-refractivity contribution in [3.63, 3.8) is 0 Å². The van der Waals surface area contributed by atoms with Crippen LogP contribution in [0.15, 0.2) is 36.4 Å². The Morgan fingerprint density at radius 3 is 1.34 bits per heavy atom. The number of hydrogen-bond donors (Lipinski definition) is 0. The molecule has 62 heavy (non-hydrogen) atoms. The van der Waals surface area contributed by atoms with Crippen molar-refractivity contribution < 1.29 is 93.6 Å². The zero-order chi connectivity index (χ0) is 47.3. The number of phosphoric acid groups is 2. The van der Waals surface area contributed by atoms with Crippen molar-refractivity contribution in [3.05, 3.63) is 50.7 Å². The molecule has 352 valence electrons. The van der Waals surface area contributed by atoms with Gasteiger partial charge in [-0.2, -0.15) is 0 Å². The zero-order valence-electron chi connectivity index (χ0n) is 35.3. The third-order valence-corrected chi connectivity index (χ3v) is 11.9. The fourth-order valence-electron chi connectivity index (χ4n) is 3.84. The molecular formula is C36H52I4N2O18P2. The average Bonchev–Trinajstić information content (AvgIpc) is 3.12. The highest BCUT2D eigenvalue weighted by molar-refractivity contribution is 14.1. The number of rotatable bonds is 26. The van der Waals surface area contributed by atoms with E-state index in [1.165, 1.54) is 0 Å². The van der Waals surface area contributed by atoms with Gasteiger partial charge >= 0.3 is 23.9 Å². The second kappa shape index (κ2) is 28.9. The van der Waals surface area contributed by atoms with Gasteiger partial charge in [-0.15, -0.1) is 0 Å². The number of likely N-dealkylation sites (N-methyl/N-ethyl adjacent to an activating group) is 2. The van der Waals surface area contributed by atoms with E-state index in [0.717, 1.165) is 28.1 Å². The number of nitrogens with zero attached hydrogens (tertiary/aromatic N) is 2. The molecule has 0 heterocycles. The van der Waals surface area contributed by atoms with E-state index < -0.39 is 78.2 Å². The molecule has 2 aromatic carbocycles. The van der Waals surface area contributed by atoms with E-state index in [4.69, 9.17) is 46.5 Å². The lowest BCUT2D eigenvalue weighted by Gasteiger charge is -2.29. The minimum absolute atomic E-state index is 0.0891. The molecule has 0 spiro atoms. The lowest BCUT2D eigenvalue weighted by Crippen LogP contribution is -2.38. The Labute approximate surface area is 416 Å². The van der Waals surface area contributed by atoms with Crippen LogP contribution in [0.4, 0.5) is 0 Å². The zero-order valence-corrected chi connectivity index (χ0v) is 45.8. The quantitative estimate of drug-likeness (QED) is 0.0426. The van der Waals surface area contributed by atoms with Crippen molar-refractivity contribution in [1.29, 1.82) is 0 Å². The first-order chi connectivity index (χ1) is 28.5. The molecule has 4 atom stereocenters. The van der Waals surface area contributed by atoms with E-state index in [2.05, 4.69) is 90.4 Å². The monoisotopic (exact) mass is 1370 g/mol. The summed E-state index contributed by atoms with van der Waals surface area (Å²) < 4.78 is 78.8. The third kappa shape index (κ3) is 30.2. The van der Waals surface area contributed by atoms with Gasteiger partial charge in [0.2, 0.25) is 0 Å². The van der Waals surface area contributed by atoms with Crippen molar-refractivity contribution in [3.8, 4) is 11.5 Å². The molecule has 0 aliphatic rings. The minimum atomic E-state index is -4.71. The SMILES string of the molecule is CC(=O)OCC(COC(=O)COc1c(I)cc(I)cc1I)OP(=O)([O-])OCC[N+](C)(C)C.CC(=O)OCC(COC(=O)COc1ccc(I)cc1)OP(=O)([O-])OCC[N+](C)(C)C. The summed E-state index contributed by atoms with van der Waals surface area (Å²) in [6.45, 7) is 0.433. The van der Waals surface area contributed by atoms with Crippen LogP contribution in [0, 0.1) is 14.3 Å². The number of carbonyl (C=O) groups excluding carboxylic acids is 4. The van der Waals surface area contributed by atoms with E-state index in [0.29, 0.717) is 33.6 Å². The van der Waals surface area contributed by atoms with Crippen molar-refractivity contribution in [2.24, 2.45) is 0 Å². The van der Waals surface area contributed by atoms with Gasteiger partial charge in [0, 0.05) is 21.0 Å². The smallest absolute Gasteiger partial charge is 0.344 e. The summed E-state index contributed by atoms with van der Waals surface area (Å²) in [5.74, 6) is -1.72. The Bertz CT molecular complexity index is 1820. The van der Waals surface area contributed by atoms with Crippen LogP contribution in [-0.4, -0.2) is 153 Å². The van der Waals surface area contributed by atoms with Crippen LogP contribution in [0.5, 0.6) is 11.5 Å². The second-order valence-corrected chi connectivity index (χ2v) is 22.3. The van der Waals surface area contributed by atoms with Gasteiger partial charge in [0.1, 0.15) is 76.4 Å². The molecule has 0 saturated carbocycles. The van der Waals surface area contributed by atoms with E-state index >= 15 is 0 Å². The van der Waals surface area contributed by atoms with E-state index in [1.54, 1.807) is 12.1 Å². The maximum absolute atomic E-state index is 12.1. The number of ether oxygens (including phenoxy) is 6. The Balaban J connectivity index is 0.000000621. The van der Waals surface area contributed by atoms with Crippen LogP contribution in [0.3, 0.4) is 0 Å². The Morgan fingerprint density at radius 2 is 0.968 bits per heavy atom. The molecule has 0 amide bonds. The first-order valence-corrected chi connectivity index (χ1v) is 25.4. The molecule has 0 bridgehead atoms. The summed E-state index contributed by atoms with van der Waals surface area (Å²) in [4.78, 5) is 70.2. The summed E-state index contributed by atoms with van der Waals surface area (Å²) in [6.07, 6.45) is -2.50. The van der Waals surface area contributed by atoms with Crippen LogP contribution in [0.1, 0.15) is 13.8 Å². The van der Waals surface area contributed by atoms with Gasteiger partial charge in [-0.25, -0.2) is 9.59 Å². The van der Waals surface area contributed by atoms with Crippen LogP contribution in [-0.2, 0) is 65.4 Å². The molecule has 0 N–H and O–H groups in total. The molecular weight excluding hydrogens is 1320 g/mol. The molecule has 0 aliphatic carbocycles. The molecule has 26 heteroatoms. The highest BCUT2D eigenvalue weighted by atomic mass is 127. The van der Waals surface area contributed by atoms with E-state index in [-0.39, 0.29) is 26.4 Å². The maximum Gasteiger partial charge on any atom is 0.344 e. The topological polar surface area (TPSA) is 241 Å². The van der Waals surface area contributed by atoms with Gasteiger partial charge in [-0.1, -0.05) is 0 Å². The number of esters is 4. The molecule has 0 fully saturated rings. The summed E-state index contributed by atoms with van der Waals surface area (Å²) in [5.41, 5.74) is 0. The van der Waals surface area contributed by atoms with Crippen LogP contribution in [0.25, 0.3) is 0 Å². The van der Waals surface area contributed by atoms with Crippen LogP contribution in [0.2, 0.25) is 0 Å². The number of halogens is 4. The molecule has 2 rings (SSSR count). The fourth-order valence-corrected chi connectivity index (χ4v) is 9.80. The second-order valence-electron chi connectivity index (χ2n) is 14.7. The first kappa shape index (κ1) is 59.0. The highest BCUT2D eigenvalue weighted by Crippen LogP contribution is 2.41. The predicted octanol–water partition coefficient (Wildman–Crippen LogP) is 3.91. The molecule has 0 radical (unpaired) electrons. The fraction of sp³-hybridized carbons (Fsp3) is 0.556. The summed E-state index contributed by atoms with van der Waals surface area (Å²) >= 11 is 8.52. The number of carbonyl (C=O) groups is 4. The van der Waals surface area contributed by atoms with Crippen molar-refractivity contribution in [1.82, 2.24) is 0 Å². The summed E-state index contributed by atoms with van der Waals surface area (Å²) in [5, 5.41) is 0. The largest absolute Gasteiger partial charge is 0.756 e. The van der Waals surface area contributed by atoms with E-state index in [9.17, 15) is 38.1 Å². The molecule has 4 unspecified atom stereocenters. The molecule has 0 aliphatic heterocycles. The highest BCUT2D eigenvalue weighted by Gasteiger charge is 2.25. The van der Waals surface area contributed by atoms with Gasteiger partial charge in [0.05, 0.1) is 49.4 Å². The van der Waals surface area contributed by atoms with Crippen LogP contribution < -0.4 is 19.3 Å². The number of benzene rings is 2. The molecule has 2 aromatic rings. The summed E-state index contributed by atoms with van der Waals surface area (Å²) in [7, 11) is 1.85. The number of phosphoric ester groups is 2. The van der Waals surface area contributed by atoms with Crippen LogP contribution >= 0.6 is 106 Å². The summed E-state index contributed by atoms with van der Waals surface area (Å²) in [6, 6.07) is 10.8. The standard InChI is InChI=1S/C18H25I3NO9P.C18H27INO9P/c1-12(23)27-9-14(31-32(25,26)30-6-5-22(2,3)4)10-28-17(24)11-29-18-15(20)7-13(19)8-16(18)21;1-14(21)25-11-17(29-30(23,24)28-10-9-20(2,3)4)12-27-18(22)13-26-16-7-5-15(19)6-8-16/h7-8,14H,5-6,9-11H2,1-4H3;5-8,17H,9-13H2,1-4H3. The Hall–Kier alpha value is -1.02. The van der Waals surface area contributed by atoms with Gasteiger partial charge in [-0.05, 0) is 127 Å². The Kier molecular flexibility index (Phi) is 27.5. The van der Waals surface area contributed by atoms with Gasteiger partial charge in [0.15, 0.2) is 13.2 Å². The normalized spacial score (nSPS) is 14.4. The van der Waals surface area contributed by atoms with Crippen molar-refractivity contribution in [2.75, 3.05) is 108 Å². The maximum atomic E-state index is 12.1. The molecule has 20 nitrogen and oxygen atoms in total. The number of quaternary nitrogens is 2. The van der Waals surface area contributed by atoms with Gasteiger partial charge in [0.25, 0.3) is 15.6 Å². The minimum Gasteiger partial charge on any atom is -0.756 e. The third-order valence-electron chi connectivity index (χ3n) is 6.85. The van der Waals surface area contributed by atoms with Crippen molar-refractivity contribution >= 4 is 130 Å². The average molecular weight is 1370 g/mol. The Morgan fingerprint density at radius 1 is 0.597 bits per heavy atom. The number of hydrogen-bond acceptors (Lipinski definition) is 18. The lowest BCUT2D eigenvalue weighted by molar-refractivity contribution is -0.870. The van der Waals surface area contributed by atoms with Crippen molar-refractivity contribution in [2.45, 2.75) is 26.1 Å². The first-order valence-electron chi connectivity index (χ1n) is 18.2. The molecule has 0 aromatic heterocycles. The molecule has 0 saturated heterocycles. The van der Waals surface area contributed by atoms with Gasteiger partial charge in [-0.3, -0.25) is 18.7 Å².